The lowest BCUT2D eigenvalue weighted by molar-refractivity contribution is -0.139. The number of hydrogen-bond acceptors (Lipinski definition) is 2. The van der Waals surface area contributed by atoms with E-state index in [9.17, 15) is 9.59 Å². The summed E-state index contributed by atoms with van der Waals surface area (Å²) in [4.78, 5) is 26.9. The van der Waals surface area contributed by atoms with Gasteiger partial charge in [0, 0.05) is 30.0 Å². The van der Waals surface area contributed by atoms with E-state index in [1.54, 1.807) is 0 Å². The molecular formula is C24H38N2O2. The van der Waals surface area contributed by atoms with Gasteiger partial charge in [0.1, 0.15) is 0 Å². The molecule has 28 heavy (non-hydrogen) atoms. The van der Waals surface area contributed by atoms with Gasteiger partial charge in [0.2, 0.25) is 11.8 Å². The lowest BCUT2D eigenvalue weighted by atomic mass is 9.48. The average Bonchev–Trinajstić information content (AvgIpc) is 2.94. The third-order valence-electron chi connectivity index (χ3n) is 9.11. The third-order valence-corrected chi connectivity index (χ3v) is 9.11. The number of rotatable bonds is 1. The molecule has 156 valence electrons. The third kappa shape index (κ3) is 2.77. The van der Waals surface area contributed by atoms with Crippen LogP contribution < -0.4 is 5.32 Å². The van der Waals surface area contributed by atoms with Gasteiger partial charge in [0.05, 0.1) is 0 Å². The molecule has 3 aliphatic carbocycles. The van der Waals surface area contributed by atoms with Crippen LogP contribution in [-0.2, 0) is 9.59 Å². The predicted molar refractivity (Wildman–Crippen MR) is 111 cm³/mol. The topological polar surface area (TPSA) is 49.4 Å². The van der Waals surface area contributed by atoms with Gasteiger partial charge in [-0.3, -0.25) is 9.59 Å². The van der Waals surface area contributed by atoms with Gasteiger partial charge in [-0.25, -0.2) is 0 Å². The fourth-order valence-corrected chi connectivity index (χ4v) is 7.35. The number of nitrogens with zero attached hydrogens (tertiary/aromatic N) is 1. The zero-order chi connectivity index (χ0) is 20.5. The van der Waals surface area contributed by atoms with Crippen LogP contribution in [0.25, 0.3) is 0 Å². The second-order valence-corrected chi connectivity index (χ2v) is 11.5. The first kappa shape index (κ1) is 20.0. The van der Waals surface area contributed by atoms with E-state index in [1.807, 2.05) is 38.8 Å². The van der Waals surface area contributed by atoms with Crippen molar-refractivity contribution >= 4 is 11.8 Å². The highest BCUT2D eigenvalue weighted by molar-refractivity contribution is 5.89. The number of amides is 2. The van der Waals surface area contributed by atoms with E-state index in [4.69, 9.17) is 0 Å². The number of nitrogens with one attached hydrogen (secondary N) is 1. The zero-order valence-electron chi connectivity index (χ0n) is 18.5. The summed E-state index contributed by atoms with van der Waals surface area (Å²) in [6.45, 7) is 10.8. The first-order valence-electron chi connectivity index (χ1n) is 11.3. The van der Waals surface area contributed by atoms with Crippen molar-refractivity contribution in [2.24, 2.45) is 34.0 Å². The Morgan fingerprint density at radius 3 is 2.50 bits per heavy atom. The monoisotopic (exact) mass is 386 g/mol. The quantitative estimate of drug-likeness (QED) is 0.736. The molecule has 0 aromatic carbocycles. The molecule has 0 saturated heterocycles. The Labute approximate surface area is 170 Å². The minimum atomic E-state index is -0.332. The van der Waals surface area contributed by atoms with E-state index < -0.39 is 0 Å². The maximum atomic E-state index is 12.7. The SMILES string of the molecule is CN1C(=O)C=C[C@@]2(C)C1CC[C@@H]1[C@H]2CC[C@]2(C)C(NC(=O)C(C)(C)C)CC[C@@H]12. The lowest BCUT2D eigenvalue weighted by Crippen LogP contribution is -2.60. The summed E-state index contributed by atoms with van der Waals surface area (Å²) in [5, 5.41) is 3.43. The molecule has 3 fully saturated rings. The molecule has 3 saturated carbocycles. The Balaban J connectivity index is 1.58. The van der Waals surface area contributed by atoms with Crippen molar-refractivity contribution in [3.63, 3.8) is 0 Å². The van der Waals surface area contributed by atoms with Crippen molar-refractivity contribution in [3.8, 4) is 0 Å². The molecule has 2 unspecified atom stereocenters. The average molecular weight is 387 g/mol. The van der Waals surface area contributed by atoms with E-state index in [0.29, 0.717) is 29.8 Å². The highest BCUT2D eigenvalue weighted by atomic mass is 16.2. The number of carbonyl (C=O) groups is 2. The van der Waals surface area contributed by atoms with Crippen LogP contribution in [0.5, 0.6) is 0 Å². The van der Waals surface area contributed by atoms with Crippen LogP contribution in [0.1, 0.15) is 73.1 Å². The summed E-state index contributed by atoms with van der Waals surface area (Å²) in [7, 11) is 1.98. The minimum Gasteiger partial charge on any atom is -0.352 e. The highest BCUT2D eigenvalue weighted by Gasteiger charge is 2.60. The Kier molecular flexibility index (Phi) is 4.52. The molecule has 2 amide bonds. The summed E-state index contributed by atoms with van der Waals surface area (Å²) in [6.07, 6.45) is 11.1. The van der Waals surface area contributed by atoms with Crippen molar-refractivity contribution in [3.05, 3.63) is 12.2 Å². The second kappa shape index (κ2) is 6.34. The molecule has 0 aromatic heterocycles. The first-order valence-corrected chi connectivity index (χ1v) is 11.3. The number of fused-ring (bicyclic) bond motifs is 5. The van der Waals surface area contributed by atoms with Gasteiger partial charge < -0.3 is 10.2 Å². The summed E-state index contributed by atoms with van der Waals surface area (Å²) in [5.74, 6) is 2.39. The van der Waals surface area contributed by atoms with E-state index in [2.05, 4.69) is 25.2 Å². The summed E-state index contributed by atoms with van der Waals surface area (Å²) in [5.41, 5.74) is -0.0216. The minimum absolute atomic E-state index is 0.0969. The van der Waals surface area contributed by atoms with E-state index >= 15 is 0 Å². The molecule has 4 heteroatoms. The van der Waals surface area contributed by atoms with Crippen LogP contribution >= 0.6 is 0 Å². The predicted octanol–water partition coefficient (Wildman–Crippen LogP) is 4.16. The van der Waals surface area contributed by atoms with E-state index in [-0.39, 0.29) is 28.1 Å². The lowest BCUT2D eigenvalue weighted by Gasteiger charge is -2.60. The highest BCUT2D eigenvalue weighted by Crippen LogP contribution is 2.63. The number of likely N-dealkylation sites (N-methyl/N-ethyl adjacent to an activating group) is 1. The van der Waals surface area contributed by atoms with E-state index in [1.165, 1.54) is 25.7 Å². The van der Waals surface area contributed by atoms with Crippen LogP contribution in [0, 0.1) is 34.0 Å². The van der Waals surface area contributed by atoms with Crippen molar-refractivity contribution in [1.82, 2.24) is 10.2 Å². The number of carbonyl (C=O) groups excluding carboxylic acids is 2. The molecular weight excluding hydrogens is 348 g/mol. The summed E-state index contributed by atoms with van der Waals surface area (Å²) in [6, 6.07) is 0.648. The second-order valence-electron chi connectivity index (χ2n) is 11.5. The maximum Gasteiger partial charge on any atom is 0.246 e. The molecule has 0 bridgehead atoms. The standard InChI is InChI=1S/C24H38N2O2/c1-22(2,3)21(28)25-18-9-8-16-15-7-10-19-24(5,14-12-20(27)26(19)6)17(15)11-13-23(16,18)4/h12,14-19H,7-11,13H2,1-6H3,(H,25,28)/t15-,16-,17+,18?,19?,23-,24+/m0/s1. The number of hydrogen-bond donors (Lipinski definition) is 1. The molecule has 7 atom stereocenters. The van der Waals surface area contributed by atoms with Gasteiger partial charge in [-0.2, -0.15) is 0 Å². The van der Waals surface area contributed by atoms with Gasteiger partial charge in [0.25, 0.3) is 0 Å². The fraction of sp³-hybridized carbons (Fsp3) is 0.833. The molecule has 0 spiro atoms. The van der Waals surface area contributed by atoms with Crippen LogP contribution in [0.4, 0.5) is 0 Å². The molecule has 4 aliphatic rings. The zero-order valence-corrected chi connectivity index (χ0v) is 18.5. The van der Waals surface area contributed by atoms with Crippen LogP contribution in [0.2, 0.25) is 0 Å². The molecule has 0 aromatic rings. The summed E-state index contributed by atoms with van der Waals surface area (Å²) < 4.78 is 0. The maximum absolute atomic E-state index is 12.7. The molecule has 1 N–H and O–H groups in total. The van der Waals surface area contributed by atoms with Crippen LogP contribution in [0.15, 0.2) is 12.2 Å². The van der Waals surface area contributed by atoms with Crippen molar-refractivity contribution < 1.29 is 9.59 Å². The molecule has 0 radical (unpaired) electrons. The molecule has 4 rings (SSSR count). The van der Waals surface area contributed by atoms with Crippen molar-refractivity contribution in [1.29, 1.82) is 0 Å². The summed E-state index contributed by atoms with van der Waals surface area (Å²) >= 11 is 0. The fourth-order valence-electron chi connectivity index (χ4n) is 7.35. The van der Waals surface area contributed by atoms with Gasteiger partial charge in [-0.05, 0) is 67.8 Å². The Hall–Kier alpha value is -1.32. The first-order chi connectivity index (χ1) is 13.0. The van der Waals surface area contributed by atoms with Gasteiger partial charge >= 0.3 is 0 Å². The normalized spacial score (nSPS) is 45.3. The Bertz CT molecular complexity index is 708. The van der Waals surface area contributed by atoms with Gasteiger partial charge in [-0.15, -0.1) is 0 Å². The Morgan fingerprint density at radius 2 is 1.82 bits per heavy atom. The molecule has 4 nitrogen and oxygen atoms in total. The van der Waals surface area contributed by atoms with E-state index in [0.717, 1.165) is 12.8 Å². The smallest absolute Gasteiger partial charge is 0.246 e. The van der Waals surface area contributed by atoms with Gasteiger partial charge in [-0.1, -0.05) is 40.7 Å². The largest absolute Gasteiger partial charge is 0.352 e. The van der Waals surface area contributed by atoms with Crippen molar-refractivity contribution in [2.75, 3.05) is 7.05 Å². The Morgan fingerprint density at radius 1 is 1.11 bits per heavy atom. The molecule has 1 aliphatic heterocycles. The van der Waals surface area contributed by atoms with Crippen molar-refractivity contribution in [2.45, 2.75) is 85.2 Å². The molecule has 1 heterocycles. The van der Waals surface area contributed by atoms with Crippen LogP contribution in [-0.4, -0.2) is 35.8 Å². The van der Waals surface area contributed by atoms with Gasteiger partial charge in [0.15, 0.2) is 0 Å². The van der Waals surface area contributed by atoms with Crippen LogP contribution in [0.3, 0.4) is 0 Å².